The first-order valence-electron chi connectivity index (χ1n) is 10.9. The molecule has 0 radical (unpaired) electrons. The van der Waals surface area contributed by atoms with Crippen molar-refractivity contribution in [3.05, 3.63) is 71.7 Å². The summed E-state index contributed by atoms with van der Waals surface area (Å²) < 4.78 is 15.5. The van der Waals surface area contributed by atoms with E-state index in [0.29, 0.717) is 18.2 Å². The van der Waals surface area contributed by atoms with Crippen molar-refractivity contribution in [3.63, 3.8) is 0 Å². The molecule has 2 aliphatic rings. The van der Waals surface area contributed by atoms with Gasteiger partial charge in [-0.1, -0.05) is 24.3 Å². The molecule has 0 saturated carbocycles. The van der Waals surface area contributed by atoms with Crippen molar-refractivity contribution in [1.29, 1.82) is 0 Å². The highest BCUT2D eigenvalue weighted by Crippen LogP contribution is 2.29. The molecule has 0 N–H and O–H groups in total. The quantitative estimate of drug-likeness (QED) is 0.604. The third kappa shape index (κ3) is 4.35. The molecule has 0 bridgehead atoms. The zero-order valence-corrected chi connectivity index (χ0v) is 17.4. The van der Waals surface area contributed by atoms with E-state index in [-0.39, 0.29) is 11.7 Å². The molecule has 0 unspecified atom stereocenters. The number of carbonyl (C=O) groups is 1. The van der Waals surface area contributed by atoms with Crippen molar-refractivity contribution in [2.24, 2.45) is 9.98 Å². The van der Waals surface area contributed by atoms with E-state index in [0.717, 1.165) is 44.5 Å². The van der Waals surface area contributed by atoms with Crippen molar-refractivity contribution in [3.8, 4) is 0 Å². The lowest BCUT2D eigenvalue weighted by atomic mass is 10.0. The smallest absolute Gasteiger partial charge is 0.293 e. The number of nitrogens with zero attached hydrogens (tertiary/aromatic N) is 4. The highest BCUT2D eigenvalue weighted by Gasteiger charge is 2.22. The number of rotatable bonds is 6. The number of hydrogen-bond donors (Lipinski definition) is 0. The van der Waals surface area contributed by atoms with Crippen LogP contribution in [0.15, 0.2) is 64.7 Å². The van der Waals surface area contributed by atoms with Gasteiger partial charge in [0.2, 0.25) is 0 Å². The maximum Gasteiger partial charge on any atom is 0.293 e. The van der Waals surface area contributed by atoms with Gasteiger partial charge in [-0.15, -0.1) is 0 Å². The Hall–Kier alpha value is -3.12. The van der Waals surface area contributed by atoms with Crippen molar-refractivity contribution in [2.45, 2.75) is 31.7 Å². The van der Waals surface area contributed by atoms with Crippen LogP contribution in [-0.2, 0) is 17.6 Å². The van der Waals surface area contributed by atoms with Gasteiger partial charge in [0, 0.05) is 43.8 Å². The van der Waals surface area contributed by atoms with Crippen LogP contribution in [0.2, 0.25) is 0 Å². The molecule has 1 aromatic heterocycles. The predicted octanol–water partition coefficient (Wildman–Crippen LogP) is 4.21. The van der Waals surface area contributed by atoms with E-state index in [1.165, 1.54) is 34.9 Å². The van der Waals surface area contributed by atoms with Gasteiger partial charge < -0.3 is 9.47 Å². The van der Waals surface area contributed by atoms with Gasteiger partial charge >= 0.3 is 0 Å². The number of hydrogen-bond acceptors (Lipinski definition) is 3. The van der Waals surface area contributed by atoms with Gasteiger partial charge in [-0.05, 0) is 60.0 Å². The molecule has 0 atom stereocenters. The minimum Gasteiger partial charge on any atom is -0.344 e. The highest BCUT2D eigenvalue weighted by molar-refractivity contribution is 6.44. The lowest BCUT2D eigenvalue weighted by molar-refractivity contribution is -0.111. The number of likely N-dealkylation sites (tertiary alicyclic amines) is 1. The summed E-state index contributed by atoms with van der Waals surface area (Å²) in [7, 11) is 0. The Morgan fingerprint density at radius 3 is 2.52 bits per heavy atom. The molecule has 0 aliphatic carbocycles. The molecule has 3 heterocycles. The van der Waals surface area contributed by atoms with Crippen LogP contribution in [0.1, 0.15) is 30.0 Å². The van der Waals surface area contributed by atoms with Crippen LogP contribution in [0.5, 0.6) is 0 Å². The normalized spacial score (nSPS) is 17.6. The summed E-state index contributed by atoms with van der Waals surface area (Å²) >= 11 is 0. The molecule has 2 aliphatic heterocycles. The molecule has 1 fully saturated rings. The summed E-state index contributed by atoms with van der Waals surface area (Å²) in [5.74, 6) is -0.411. The summed E-state index contributed by atoms with van der Waals surface area (Å²) in [6.45, 7) is 3.13. The van der Waals surface area contributed by atoms with E-state index in [2.05, 4.69) is 49.9 Å². The second kappa shape index (κ2) is 8.55. The Bertz CT molecular complexity index is 1150. The number of fused-ring (bicyclic) bond motifs is 1. The third-order valence-corrected chi connectivity index (χ3v) is 6.38. The van der Waals surface area contributed by atoms with E-state index < -0.39 is 0 Å². The van der Waals surface area contributed by atoms with E-state index in [1.807, 2.05) is 12.1 Å². The molecule has 0 spiro atoms. The lowest BCUT2D eigenvalue weighted by Crippen LogP contribution is -2.35. The number of benzene rings is 2. The average Bonchev–Trinajstić information content (AvgIpc) is 3.40. The topological polar surface area (TPSA) is 50.0 Å². The monoisotopic (exact) mass is 416 g/mol. The summed E-state index contributed by atoms with van der Waals surface area (Å²) in [6.07, 6.45) is 7.21. The van der Waals surface area contributed by atoms with Crippen LogP contribution in [0.4, 0.5) is 4.39 Å². The largest absolute Gasteiger partial charge is 0.344 e. The Kier molecular flexibility index (Phi) is 5.47. The first kappa shape index (κ1) is 19.8. The molecule has 5 nitrogen and oxygen atoms in total. The van der Waals surface area contributed by atoms with Gasteiger partial charge in [0.05, 0.1) is 0 Å². The predicted molar refractivity (Wildman–Crippen MR) is 121 cm³/mol. The average molecular weight is 417 g/mol. The van der Waals surface area contributed by atoms with Crippen molar-refractivity contribution in [2.75, 3.05) is 19.6 Å². The number of aliphatic imine (C=N–C) groups is 2. The maximum absolute atomic E-state index is 13.1. The number of amides is 1. The van der Waals surface area contributed by atoms with E-state index in [4.69, 9.17) is 0 Å². The van der Waals surface area contributed by atoms with Crippen LogP contribution in [0.3, 0.4) is 0 Å². The second-order valence-electron chi connectivity index (χ2n) is 8.37. The minimum absolute atomic E-state index is 0.178. The number of aromatic nitrogens is 1. The Morgan fingerprint density at radius 1 is 1.00 bits per heavy atom. The van der Waals surface area contributed by atoms with E-state index in [1.54, 1.807) is 0 Å². The van der Waals surface area contributed by atoms with Crippen LogP contribution < -0.4 is 0 Å². The number of halogens is 1. The zero-order valence-electron chi connectivity index (χ0n) is 17.4. The lowest BCUT2D eigenvalue weighted by Gasteiger charge is -2.33. The molecule has 6 heteroatoms. The van der Waals surface area contributed by atoms with E-state index >= 15 is 0 Å². The van der Waals surface area contributed by atoms with Gasteiger partial charge in [-0.3, -0.25) is 4.79 Å². The maximum atomic E-state index is 13.1. The summed E-state index contributed by atoms with van der Waals surface area (Å²) in [4.78, 5) is 22.0. The van der Waals surface area contributed by atoms with Crippen molar-refractivity contribution in [1.82, 2.24) is 9.47 Å². The van der Waals surface area contributed by atoms with Crippen LogP contribution in [0.25, 0.3) is 10.9 Å². The molecular weight excluding hydrogens is 391 g/mol. The van der Waals surface area contributed by atoms with Crippen LogP contribution >= 0.6 is 0 Å². The number of piperidine rings is 1. The molecule has 1 saturated heterocycles. The van der Waals surface area contributed by atoms with Gasteiger partial charge in [0.15, 0.2) is 0 Å². The standard InChI is InChI=1S/C25H25FN4O/c26-21-5-2-18(3-6-21)7-11-29-12-9-22(10-13-29)30-14-8-20-4-1-19(16-24(20)30)15-23-25(31)28-17-27-23/h1-6,8,14,16-17,22H,7,9-13,15H2. The fourth-order valence-electron chi connectivity index (χ4n) is 4.58. The summed E-state index contributed by atoms with van der Waals surface area (Å²) in [5, 5.41) is 1.22. The second-order valence-corrected chi connectivity index (χ2v) is 8.37. The van der Waals surface area contributed by atoms with Crippen molar-refractivity contribution >= 4 is 28.9 Å². The fraction of sp³-hybridized carbons (Fsp3) is 0.320. The van der Waals surface area contributed by atoms with Crippen LogP contribution in [-0.4, -0.2) is 47.1 Å². The molecule has 31 heavy (non-hydrogen) atoms. The minimum atomic E-state index is -0.233. The Balaban J connectivity index is 1.22. The Morgan fingerprint density at radius 2 is 1.77 bits per heavy atom. The van der Waals surface area contributed by atoms with Crippen molar-refractivity contribution < 1.29 is 9.18 Å². The van der Waals surface area contributed by atoms with Gasteiger partial charge in [0.1, 0.15) is 17.9 Å². The molecule has 2 aromatic carbocycles. The van der Waals surface area contributed by atoms with Gasteiger partial charge in [0.25, 0.3) is 5.91 Å². The van der Waals surface area contributed by atoms with Gasteiger partial charge in [-0.25, -0.2) is 9.38 Å². The van der Waals surface area contributed by atoms with E-state index in [9.17, 15) is 9.18 Å². The molecule has 1 amide bonds. The summed E-state index contributed by atoms with van der Waals surface area (Å²) in [5.41, 5.74) is 3.99. The zero-order chi connectivity index (χ0) is 21.2. The highest BCUT2D eigenvalue weighted by atomic mass is 19.1. The first-order chi connectivity index (χ1) is 15.2. The molecule has 5 rings (SSSR count). The van der Waals surface area contributed by atoms with Gasteiger partial charge in [-0.2, -0.15) is 4.99 Å². The fourth-order valence-corrected chi connectivity index (χ4v) is 4.58. The summed E-state index contributed by atoms with van der Waals surface area (Å²) in [6, 6.07) is 15.9. The number of carbonyl (C=O) groups excluding carboxylic acids is 1. The van der Waals surface area contributed by atoms with Crippen LogP contribution in [0, 0.1) is 5.82 Å². The molecular formula is C25H25FN4O. The molecule has 158 valence electrons. The first-order valence-corrected chi connectivity index (χ1v) is 10.9. The SMILES string of the molecule is O=C1N=CN=C1Cc1ccc2ccn(C3CCN(CCc4ccc(F)cc4)CC3)c2c1. The third-order valence-electron chi connectivity index (χ3n) is 6.38. The Labute approximate surface area is 180 Å². The molecule has 3 aromatic rings.